The van der Waals surface area contributed by atoms with Crippen LogP contribution in [0.3, 0.4) is 0 Å². The summed E-state index contributed by atoms with van der Waals surface area (Å²) >= 11 is 8.32. The van der Waals surface area contributed by atoms with Gasteiger partial charge in [-0.15, -0.1) is 11.8 Å². The lowest BCUT2D eigenvalue weighted by Crippen LogP contribution is -2.43. The molecular formula is C28H35ClN2O4S. The van der Waals surface area contributed by atoms with Crippen molar-refractivity contribution in [2.75, 3.05) is 46.2 Å². The van der Waals surface area contributed by atoms with Gasteiger partial charge in [-0.25, -0.2) is 0 Å². The van der Waals surface area contributed by atoms with Gasteiger partial charge in [0.05, 0.1) is 30.9 Å². The number of hydrogen-bond acceptors (Lipinski definition) is 7. The average molecular weight is 531 g/mol. The van der Waals surface area contributed by atoms with Gasteiger partial charge in [-0.1, -0.05) is 17.7 Å². The molecule has 36 heavy (non-hydrogen) atoms. The molecule has 1 fully saturated rings. The van der Waals surface area contributed by atoms with E-state index in [0.717, 1.165) is 61.3 Å². The first-order valence-electron chi connectivity index (χ1n) is 12.4. The molecule has 194 valence electrons. The zero-order valence-electron chi connectivity index (χ0n) is 21.0. The molecule has 1 aliphatic heterocycles. The number of nitrogens with zero attached hydrogens (tertiary/aromatic N) is 2. The zero-order valence-corrected chi connectivity index (χ0v) is 22.5. The van der Waals surface area contributed by atoms with Crippen molar-refractivity contribution >= 4 is 34.3 Å². The Morgan fingerprint density at radius 1 is 1.11 bits per heavy atom. The van der Waals surface area contributed by atoms with E-state index in [1.54, 1.807) is 20.4 Å². The Labute approximate surface area is 222 Å². The topological polar surface area (TPSA) is 75.1 Å². The van der Waals surface area contributed by atoms with Gasteiger partial charge in [0.1, 0.15) is 11.5 Å². The van der Waals surface area contributed by atoms with Crippen molar-refractivity contribution in [3.63, 3.8) is 0 Å². The molecule has 0 bridgehead atoms. The van der Waals surface area contributed by atoms with Gasteiger partial charge in [0.15, 0.2) is 0 Å². The molecule has 2 N–H and O–H groups in total. The van der Waals surface area contributed by atoms with Crippen molar-refractivity contribution in [1.29, 1.82) is 0 Å². The van der Waals surface area contributed by atoms with E-state index in [2.05, 4.69) is 22.0 Å². The van der Waals surface area contributed by atoms with Crippen LogP contribution >= 0.6 is 23.4 Å². The van der Waals surface area contributed by atoms with Gasteiger partial charge in [0.2, 0.25) is 0 Å². The third-order valence-electron chi connectivity index (χ3n) is 7.32. The lowest BCUT2D eigenvalue weighted by Gasteiger charge is -2.41. The highest BCUT2D eigenvalue weighted by Crippen LogP contribution is 2.40. The molecule has 0 radical (unpaired) electrons. The molecule has 3 aromatic rings. The molecule has 0 saturated carbocycles. The normalized spacial score (nSPS) is 16.7. The third kappa shape index (κ3) is 6.45. The molecule has 1 aromatic heterocycles. The summed E-state index contributed by atoms with van der Waals surface area (Å²) in [6, 6.07) is 13.8. The molecule has 0 amide bonds. The highest BCUT2D eigenvalue weighted by Gasteiger charge is 2.34. The van der Waals surface area contributed by atoms with Gasteiger partial charge in [0.25, 0.3) is 0 Å². The molecule has 0 spiro atoms. The maximum atomic E-state index is 11.2. The third-order valence-corrected chi connectivity index (χ3v) is 8.59. The molecule has 4 rings (SSSR count). The molecule has 0 unspecified atom stereocenters. The summed E-state index contributed by atoms with van der Waals surface area (Å²) in [4.78, 5) is 8.07. The first-order chi connectivity index (χ1) is 17.5. The minimum atomic E-state index is -0.740. The lowest BCUT2D eigenvalue weighted by atomic mass is 9.74. The van der Waals surface area contributed by atoms with Crippen LogP contribution in [0.25, 0.3) is 10.9 Å². The number of aliphatic hydroxyl groups excluding tert-OH is 2. The fraction of sp³-hybridized carbons (Fsp3) is 0.464. The van der Waals surface area contributed by atoms with Gasteiger partial charge >= 0.3 is 0 Å². The maximum Gasteiger partial charge on any atom is 0.119 e. The summed E-state index contributed by atoms with van der Waals surface area (Å²) < 4.78 is 10.7. The van der Waals surface area contributed by atoms with E-state index in [1.807, 2.05) is 42.1 Å². The number of aliphatic hydroxyl groups is 2. The maximum absolute atomic E-state index is 11.2. The number of likely N-dealkylation sites (tertiary alicyclic amines) is 1. The number of rotatable bonds is 11. The highest BCUT2D eigenvalue weighted by atomic mass is 35.5. The zero-order chi connectivity index (χ0) is 25.5. The molecule has 1 saturated heterocycles. The van der Waals surface area contributed by atoms with Crippen LogP contribution in [-0.4, -0.2) is 66.3 Å². The van der Waals surface area contributed by atoms with E-state index in [1.165, 1.54) is 4.90 Å². The fourth-order valence-corrected chi connectivity index (χ4v) is 6.18. The van der Waals surface area contributed by atoms with Crippen LogP contribution in [0.15, 0.2) is 53.6 Å². The second-order valence-corrected chi connectivity index (χ2v) is 11.1. The van der Waals surface area contributed by atoms with Crippen molar-refractivity contribution in [3.8, 4) is 11.5 Å². The number of benzene rings is 2. The van der Waals surface area contributed by atoms with Crippen LogP contribution in [-0.2, 0) is 0 Å². The SMILES string of the molecule is COc1cccc(SCCN2CCC(CO)(CC[C@@H](O)c3c(Cl)cnc4ccc(OC)cc34)CC2)c1. The van der Waals surface area contributed by atoms with Gasteiger partial charge in [0, 0.05) is 40.9 Å². The Balaban J connectivity index is 1.32. The number of methoxy groups -OCH3 is 2. The summed E-state index contributed by atoms with van der Waals surface area (Å²) in [7, 11) is 3.30. The first kappa shape index (κ1) is 27.0. The predicted octanol–water partition coefficient (Wildman–Crippen LogP) is 5.59. The lowest BCUT2D eigenvalue weighted by molar-refractivity contribution is 0.0254. The van der Waals surface area contributed by atoms with Crippen LogP contribution < -0.4 is 9.47 Å². The Morgan fingerprint density at radius 2 is 1.86 bits per heavy atom. The molecule has 1 atom stereocenters. The van der Waals surface area contributed by atoms with Gasteiger partial charge in [-0.05, 0) is 80.6 Å². The number of ether oxygens (including phenoxy) is 2. The molecule has 2 aromatic carbocycles. The van der Waals surface area contributed by atoms with E-state index >= 15 is 0 Å². The summed E-state index contributed by atoms with van der Waals surface area (Å²) in [5.74, 6) is 2.59. The summed E-state index contributed by atoms with van der Waals surface area (Å²) in [5, 5.41) is 22.7. The van der Waals surface area contributed by atoms with E-state index < -0.39 is 6.10 Å². The molecule has 6 nitrogen and oxygen atoms in total. The number of hydrogen-bond donors (Lipinski definition) is 2. The van der Waals surface area contributed by atoms with Crippen molar-refractivity contribution in [2.24, 2.45) is 5.41 Å². The van der Waals surface area contributed by atoms with Crippen LogP contribution in [0, 0.1) is 5.41 Å². The average Bonchev–Trinajstić information content (AvgIpc) is 2.92. The van der Waals surface area contributed by atoms with Crippen molar-refractivity contribution < 1.29 is 19.7 Å². The Bertz CT molecular complexity index is 1150. The van der Waals surface area contributed by atoms with Gasteiger partial charge in [-0.3, -0.25) is 4.98 Å². The van der Waals surface area contributed by atoms with Crippen molar-refractivity contribution in [2.45, 2.75) is 36.7 Å². The Hall–Kier alpha value is -2.03. The second kappa shape index (κ2) is 12.5. The van der Waals surface area contributed by atoms with Crippen LogP contribution in [0.5, 0.6) is 11.5 Å². The number of thioether (sulfide) groups is 1. The summed E-state index contributed by atoms with van der Waals surface area (Å²) in [5.41, 5.74) is 1.27. The quantitative estimate of drug-likeness (QED) is 0.313. The summed E-state index contributed by atoms with van der Waals surface area (Å²) in [6.45, 7) is 3.04. The second-order valence-electron chi connectivity index (χ2n) is 9.48. The minimum absolute atomic E-state index is 0.130. The summed E-state index contributed by atoms with van der Waals surface area (Å²) in [6.07, 6.45) is 3.95. The van der Waals surface area contributed by atoms with E-state index in [9.17, 15) is 10.2 Å². The first-order valence-corrected chi connectivity index (χ1v) is 13.7. The molecule has 2 heterocycles. The van der Waals surface area contributed by atoms with E-state index in [0.29, 0.717) is 22.8 Å². The largest absolute Gasteiger partial charge is 0.497 e. The predicted molar refractivity (Wildman–Crippen MR) is 146 cm³/mol. The van der Waals surface area contributed by atoms with E-state index in [4.69, 9.17) is 21.1 Å². The number of pyridine rings is 1. The number of fused-ring (bicyclic) bond motifs is 1. The standard InChI is InChI=1S/C28H35ClN2O4S/c1-34-20-4-3-5-22(16-20)36-15-14-31-12-10-28(19-32,11-13-31)9-8-26(33)27-23-17-21(35-2)6-7-25(23)30-18-24(27)29/h3-7,16-18,26,32-33H,8-15,19H2,1-2H3/t26-/m1/s1. The van der Waals surface area contributed by atoms with E-state index in [-0.39, 0.29) is 12.0 Å². The molecule has 0 aliphatic carbocycles. The number of halogens is 1. The Kier molecular flexibility index (Phi) is 9.36. The highest BCUT2D eigenvalue weighted by molar-refractivity contribution is 7.99. The molecule has 8 heteroatoms. The van der Waals surface area contributed by atoms with Crippen molar-refractivity contribution in [1.82, 2.24) is 9.88 Å². The smallest absolute Gasteiger partial charge is 0.119 e. The van der Waals surface area contributed by atoms with Crippen LogP contribution in [0.4, 0.5) is 0 Å². The van der Waals surface area contributed by atoms with Gasteiger partial charge in [-0.2, -0.15) is 0 Å². The minimum Gasteiger partial charge on any atom is -0.497 e. The molecule has 1 aliphatic rings. The number of aromatic nitrogens is 1. The van der Waals surface area contributed by atoms with Crippen molar-refractivity contribution in [3.05, 3.63) is 59.2 Å². The van der Waals surface area contributed by atoms with Crippen LogP contribution in [0.2, 0.25) is 5.02 Å². The Morgan fingerprint density at radius 3 is 2.58 bits per heavy atom. The monoisotopic (exact) mass is 530 g/mol. The van der Waals surface area contributed by atoms with Gasteiger partial charge < -0.3 is 24.6 Å². The molecular weight excluding hydrogens is 496 g/mol. The number of piperidine rings is 1. The fourth-order valence-electron chi connectivity index (χ4n) is 4.94. The van der Waals surface area contributed by atoms with Crippen LogP contribution in [0.1, 0.15) is 37.4 Å².